The van der Waals surface area contributed by atoms with Crippen LogP contribution in [-0.4, -0.2) is 36.1 Å². The number of nitrogens with zero attached hydrogens (tertiary/aromatic N) is 5. The quantitative estimate of drug-likeness (QED) is 0.853. The van der Waals surface area contributed by atoms with Gasteiger partial charge in [0.05, 0.1) is 0 Å². The number of aryl methyl sites for hydroxylation is 1. The summed E-state index contributed by atoms with van der Waals surface area (Å²) in [4.78, 5) is 13.2. The molecule has 5 nitrogen and oxygen atoms in total. The van der Waals surface area contributed by atoms with E-state index in [1.54, 1.807) is 6.07 Å². The van der Waals surface area contributed by atoms with Crippen molar-refractivity contribution in [3.05, 3.63) is 46.7 Å². The van der Waals surface area contributed by atoms with Crippen molar-refractivity contribution in [2.45, 2.75) is 6.92 Å². The Balaban J connectivity index is 1.72. The molecule has 3 rings (SSSR count). The predicted octanol–water partition coefficient (Wildman–Crippen LogP) is 2.64. The zero-order chi connectivity index (χ0) is 15.5. The number of aromatic nitrogens is 2. The average molecular weight is 314 g/mol. The van der Waals surface area contributed by atoms with Gasteiger partial charge in [0.15, 0.2) is 0 Å². The number of nitriles is 1. The summed E-state index contributed by atoms with van der Waals surface area (Å²) in [7, 11) is 0. The van der Waals surface area contributed by atoms with E-state index in [1.165, 1.54) is 0 Å². The lowest BCUT2D eigenvalue weighted by molar-refractivity contribution is 0.639. The molecule has 0 atom stereocenters. The summed E-state index contributed by atoms with van der Waals surface area (Å²) < 4.78 is 0. The number of benzene rings is 1. The Labute approximate surface area is 134 Å². The van der Waals surface area contributed by atoms with Gasteiger partial charge in [-0.15, -0.1) is 0 Å². The molecule has 0 bridgehead atoms. The Hall–Kier alpha value is -2.32. The lowest BCUT2D eigenvalue weighted by atomic mass is 10.2. The van der Waals surface area contributed by atoms with Gasteiger partial charge < -0.3 is 9.80 Å². The Kier molecular flexibility index (Phi) is 4.12. The average Bonchev–Trinajstić information content (AvgIpc) is 2.54. The minimum absolute atomic E-state index is 0.416. The molecule has 112 valence electrons. The van der Waals surface area contributed by atoms with E-state index >= 15 is 0 Å². The maximum Gasteiger partial charge on any atom is 0.226 e. The number of hydrogen-bond acceptors (Lipinski definition) is 5. The van der Waals surface area contributed by atoms with Crippen LogP contribution in [0.3, 0.4) is 0 Å². The molecule has 2 heterocycles. The molecule has 1 fully saturated rings. The van der Waals surface area contributed by atoms with Crippen molar-refractivity contribution in [3.8, 4) is 6.07 Å². The SMILES string of the molecule is Cc1cc(C#N)nc(N2CCN(c3cccc(Cl)c3)CC2)n1. The van der Waals surface area contributed by atoms with E-state index in [9.17, 15) is 0 Å². The Morgan fingerprint density at radius 1 is 1.09 bits per heavy atom. The van der Waals surface area contributed by atoms with Crippen molar-refractivity contribution in [1.29, 1.82) is 5.26 Å². The largest absolute Gasteiger partial charge is 0.368 e. The van der Waals surface area contributed by atoms with Gasteiger partial charge in [0.25, 0.3) is 0 Å². The molecule has 1 saturated heterocycles. The van der Waals surface area contributed by atoms with Gasteiger partial charge in [0.2, 0.25) is 5.95 Å². The zero-order valence-corrected chi connectivity index (χ0v) is 13.1. The van der Waals surface area contributed by atoms with E-state index < -0.39 is 0 Å². The summed E-state index contributed by atoms with van der Waals surface area (Å²) in [5.74, 6) is 0.641. The second-order valence-corrected chi connectivity index (χ2v) is 5.70. The zero-order valence-electron chi connectivity index (χ0n) is 12.3. The van der Waals surface area contributed by atoms with Gasteiger partial charge in [-0.3, -0.25) is 0 Å². The molecule has 6 heteroatoms. The molecule has 0 N–H and O–H groups in total. The molecular formula is C16H16ClN5. The van der Waals surface area contributed by atoms with Crippen molar-refractivity contribution in [1.82, 2.24) is 9.97 Å². The van der Waals surface area contributed by atoms with Crippen LogP contribution in [-0.2, 0) is 0 Å². The highest BCUT2D eigenvalue weighted by atomic mass is 35.5. The van der Waals surface area contributed by atoms with Crippen molar-refractivity contribution < 1.29 is 0 Å². The minimum atomic E-state index is 0.416. The highest BCUT2D eigenvalue weighted by Gasteiger charge is 2.20. The first-order valence-corrected chi connectivity index (χ1v) is 7.55. The van der Waals surface area contributed by atoms with Crippen LogP contribution in [0.25, 0.3) is 0 Å². The molecule has 1 aromatic heterocycles. The fourth-order valence-electron chi connectivity index (χ4n) is 2.59. The fraction of sp³-hybridized carbons (Fsp3) is 0.312. The first-order chi connectivity index (χ1) is 10.7. The van der Waals surface area contributed by atoms with E-state index in [-0.39, 0.29) is 0 Å². The molecule has 1 aliphatic rings. The van der Waals surface area contributed by atoms with Crippen LogP contribution in [0.2, 0.25) is 5.02 Å². The summed E-state index contributed by atoms with van der Waals surface area (Å²) in [6.07, 6.45) is 0. The fourth-order valence-corrected chi connectivity index (χ4v) is 2.77. The number of hydrogen-bond donors (Lipinski definition) is 0. The summed E-state index contributed by atoms with van der Waals surface area (Å²) in [6.45, 7) is 5.27. The molecule has 2 aromatic rings. The van der Waals surface area contributed by atoms with Crippen LogP contribution < -0.4 is 9.80 Å². The Morgan fingerprint density at radius 3 is 2.50 bits per heavy atom. The summed E-state index contributed by atoms with van der Waals surface area (Å²) in [6, 6.07) is 11.7. The van der Waals surface area contributed by atoms with Gasteiger partial charge in [0.1, 0.15) is 11.8 Å². The van der Waals surface area contributed by atoms with Crippen molar-refractivity contribution >= 4 is 23.2 Å². The maximum atomic E-state index is 9.02. The smallest absolute Gasteiger partial charge is 0.226 e. The summed E-state index contributed by atoms with van der Waals surface area (Å²) in [5, 5.41) is 9.77. The van der Waals surface area contributed by atoms with E-state index in [1.807, 2.05) is 25.1 Å². The van der Waals surface area contributed by atoms with Gasteiger partial charge >= 0.3 is 0 Å². The Bertz CT molecular complexity index is 717. The third-order valence-electron chi connectivity index (χ3n) is 3.69. The first-order valence-electron chi connectivity index (χ1n) is 7.17. The molecule has 22 heavy (non-hydrogen) atoms. The van der Waals surface area contributed by atoms with Gasteiger partial charge in [0, 0.05) is 42.6 Å². The maximum absolute atomic E-state index is 9.02. The molecule has 0 aliphatic carbocycles. The highest BCUT2D eigenvalue weighted by molar-refractivity contribution is 6.30. The summed E-state index contributed by atoms with van der Waals surface area (Å²) >= 11 is 6.05. The van der Waals surface area contributed by atoms with Crippen LogP contribution in [0.5, 0.6) is 0 Å². The van der Waals surface area contributed by atoms with Crippen LogP contribution in [0.15, 0.2) is 30.3 Å². The molecular weight excluding hydrogens is 298 g/mol. The molecule has 0 unspecified atom stereocenters. The van der Waals surface area contributed by atoms with Crippen LogP contribution in [0, 0.1) is 18.3 Å². The Morgan fingerprint density at radius 2 is 1.82 bits per heavy atom. The third kappa shape index (κ3) is 3.12. The molecule has 1 aromatic carbocycles. The van der Waals surface area contributed by atoms with Crippen LogP contribution in [0.4, 0.5) is 11.6 Å². The molecule has 0 saturated carbocycles. The van der Waals surface area contributed by atoms with Gasteiger partial charge in [-0.25, -0.2) is 9.97 Å². The van der Waals surface area contributed by atoms with Gasteiger partial charge in [-0.05, 0) is 31.2 Å². The van der Waals surface area contributed by atoms with Crippen molar-refractivity contribution in [2.24, 2.45) is 0 Å². The number of rotatable bonds is 2. The normalized spacial score (nSPS) is 14.8. The topological polar surface area (TPSA) is 56.1 Å². The minimum Gasteiger partial charge on any atom is -0.368 e. The molecule has 0 amide bonds. The predicted molar refractivity (Wildman–Crippen MR) is 87.4 cm³/mol. The van der Waals surface area contributed by atoms with E-state index in [0.29, 0.717) is 11.6 Å². The van der Waals surface area contributed by atoms with Crippen LogP contribution >= 0.6 is 11.6 Å². The highest BCUT2D eigenvalue weighted by Crippen LogP contribution is 2.22. The molecule has 1 aliphatic heterocycles. The summed E-state index contributed by atoms with van der Waals surface area (Å²) in [5.41, 5.74) is 2.37. The monoisotopic (exact) mass is 313 g/mol. The lowest BCUT2D eigenvalue weighted by Crippen LogP contribution is -2.47. The van der Waals surface area contributed by atoms with E-state index in [0.717, 1.165) is 42.6 Å². The second kappa shape index (κ2) is 6.20. The van der Waals surface area contributed by atoms with E-state index in [4.69, 9.17) is 16.9 Å². The molecule has 0 radical (unpaired) electrons. The number of piperazine rings is 1. The van der Waals surface area contributed by atoms with Crippen molar-refractivity contribution in [2.75, 3.05) is 36.0 Å². The number of halogens is 1. The lowest BCUT2D eigenvalue weighted by Gasteiger charge is -2.36. The van der Waals surface area contributed by atoms with Gasteiger partial charge in [-0.1, -0.05) is 17.7 Å². The molecule has 0 spiro atoms. The van der Waals surface area contributed by atoms with Crippen molar-refractivity contribution in [3.63, 3.8) is 0 Å². The van der Waals surface area contributed by atoms with E-state index in [2.05, 4.69) is 31.9 Å². The number of anilines is 2. The third-order valence-corrected chi connectivity index (χ3v) is 3.93. The van der Waals surface area contributed by atoms with Crippen LogP contribution in [0.1, 0.15) is 11.4 Å². The standard InChI is InChI=1S/C16H16ClN5/c1-12-9-14(11-18)20-16(19-12)22-7-5-21(6-8-22)15-4-2-3-13(17)10-15/h2-4,9-10H,5-8H2,1H3. The van der Waals surface area contributed by atoms with Gasteiger partial charge in [-0.2, -0.15) is 5.26 Å². The first kappa shape index (κ1) is 14.6. The second-order valence-electron chi connectivity index (χ2n) is 5.26.